The van der Waals surface area contributed by atoms with Crippen LogP contribution in [-0.4, -0.2) is 19.0 Å². The number of nitrogens with one attached hydrogen (secondary N) is 1. The van der Waals surface area contributed by atoms with Crippen molar-refractivity contribution in [2.45, 2.75) is 13.3 Å². The normalized spacial score (nSPS) is 10.4. The summed E-state index contributed by atoms with van der Waals surface area (Å²) in [5.74, 6) is 0.562. The summed E-state index contributed by atoms with van der Waals surface area (Å²) in [6.45, 7) is 1.71. The molecule has 3 rings (SSSR count). The summed E-state index contributed by atoms with van der Waals surface area (Å²) in [6, 6.07) is 16.7. The third kappa shape index (κ3) is 4.71. The number of thiophene rings is 1. The molecular formula is C21H18ClNO4S. The van der Waals surface area contributed by atoms with E-state index in [0.29, 0.717) is 20.7 Å². The van der Waals surface area contributed by atoms with Crippen LogP contribution in [0, 0.1) is 6.92 Å². The molecule has 1 amide bonds. The molecule has 3 aromatic rings. The lowest BCUT2D eigenvalue weighted by molar-refractivity contribution is -0.115. The molecule has 0 bridgehead atoms. The summed E-state index contributed by atoms with van der Waals surface area (Å²) in [4.78, 5) is 24.5. The summed E-state index contributed by atoms with van der Waals surface area (Å²) < 4.78 is 11.0. The monoisotopic (exact) mass is 415 g/mol. The molecule has 5 nitrogen and oxygen atoms in total. The zero-order chi connectivity index (χ0) is 20.1. The van der Waals surface area contributed by atoms with Crippen LogP contribution in [0.2, 0.25) is 4.34 Å². The fourth-order valence-electron chi connectivity index (χ4n) is 2.62. The van der Waals surface area contributed by atoms with Crippen molar-refractivity contribution in [1.82, 2.24) is 0 Å². The van der Waals surface area contributed by atoms with E-state index in [0.717, 1.165) is 22.6 Å². The molecule has 2 aromatic carbocycles. The van der Waals surface area contributed by atoms with Crippen molar-refractivity contribution < 1.29 is 19.1 Å². The van der Waals surface area contributed by atoms with Gasteiger partial charge in [0.1, 0.15) is 16.5 Å². The molecule has 28 heavy (non-hydrogen) atoms. The molecule has 1 heterocycles. The van der Waals surface area contributed by atoms with Crippen LogP contribution in [0.3, 0.4) is 0 Å². The van der Waals surface area contributed by atoms with Gasteiger partial charge < -0.3 is 14.8 Å². The molecule has 7 heteroatoms. The summed E-state index contributed by atoms with van der Waals surface area (Å²) in [5.41, 5.74) is 1.66. The fraction of sp³-hybridized carbons (Fsp3) is 0.143. The first-order valence-corrected chi connectivity index (χ1v) is 9.66. The molecule has 0 aliphatic rings. The van der Waals surface area contributed by atoms with E-state index in [2.05, 4.69) is 5.32 Å². The molecule has 0 saturated heterocycles. The molecule has 1 aromatic heterocycles. The molecule has 0 fully saturated rings. The van der Waals surface area contributed by atoms with Crippen LogP contribution in [0.5, 0.6) is 11.5 Å². The Labute approximate surface area is 171 Å². The first-order valence-electron chi connectivity index (χ1n) is 8.47. The van der Waals surface area contributed by atoms with E-state index >= 15 is 0 Å². The van der Waals surface area contributed by atoms with E-state index in [9.17, 15) is 9.59 Å². The van der Waals surface area contributed by atoms with Gasteiger partial charge in [0.05, 0.1) is 23.4 Å². The third-order valence-corrected chi connectivity index (χ3v) is 5.48. The first kappa shape index (κ1) is 19.9. The molecular weight excluding hydrogens is 398 g/mol. The van der Waals surface area contributed by atoms with Crippen LogP contribution in [-0.2, 0) is 16.0 Å². The van der Waals surface area contributed by atoms with Crippen LogP contribution in [0.1, 0.15) is 21.5 Å². The highest BCUT2D eigenvalue weighted by molar-refractivity contribution is 7.20. The predicted octanol–water partition coefficient (Wildman–Crippen LogP) is 5.47. The maximum atomic E-state index is 12.5. The minimum atomic E-state index is -0.533. The lowest BCUT2D eigenvalue weighted by atomic mass is 10.1. The van der Waals surface area contributed by atoms with Crippen molar-refractivity contribution in [2.75, 3.05) is 12.4 Å². The molecule has 0 atom stereocenters. The van der Waals surface area contributed by atoms with Gasteiger partial charge in [0.25, 0.3) is 0 Å². The Morgan fingerprint density at radius 2 is 1.79 bits per heavy atom. The smallest absolute Gasteiger partial charge is 0.341 e. The fourth-order valence-corrected chi connectivity index (χ4v) is 3.89. The van der Waals surface area contributed by atoms with Crippen LogP contribution < -0.4 is 10.1 Å². The SMILES string of the molecule is COC(=O)c1c(NC(=O)Cc2cccc(Oc3ccccc3)c2)sc(Cl)c1C. The number of amides is 1. The molecule has 0 radical (unpaired) electrons. The van der Waals surface area contributed by atoms with E-state index < -0.39 is 5.97 Å². The number of methoxy groups -OCH3 is 1. The first-order chi connectivity index (χ1) is 13.5. The number of benzene rings is 2. The number of carbonyl (C=O) groups excluding carboxylic acids is 2. The summed E-state index contributed by atoms with van der Waals surface area (Å²) in [7, 11) is 1.29. The lowest BCUT2D eigenvalue weighted by Gasteiger charge is -2.09. The van der Waals surface area contributed by atoms with E-state index in [4.69, 9.17) is 21.1 Å². The Balaban J connectivity index is 1.71. The largest absolute Gasteiger partial charge is 0.465 e. The summed E-state index contributed by atoms with van der Waals surface area (Å²) in [5, 5.41) is 3.14. The van der Waals surface area contributed by atoms with Gasteiger partial charge in [-0.1, -0.05) is 41.9 Å². The molecule has 144 valence electrons. The quantitative estimate of drug-likeness (QED) is 0.542. The Morgan fingerprint density at radius 3 is 2.50 bits per heavy atom. The van der Waals surface area contributed by atoms with Gasteiger partial charge in [0, 0.05) is 0 Å². The Bertz CT molecular complexity index is 1000. The van der Waals surface area contributed by atoms with Gasteiger partial charge in [-0.2, -0.15) is 0 Å². The zero-order valence-electron chi connectivity index (χ0n) is 15.3. The minimum absolute atomic E-state index is 0.126. The predicted molar refractivity (Wildman–Crippen MR) is 111 cm³/mol. The number of para-hydroxylation sites is 1. The van der Waals surface area contributed by atoms with Crippen molar-refractivity contribution in [3.8, 4) is 11.5 Å². The highest BCUT2D eigenvalue weighted by Crippen LogP contribution is 2.37. The molecule has 0 saturated carbocycles. The second-order valence-electron chi connectivity index (χ2n) is 5.98. The van der Waals surface area contributed by atoms with Gasteiger partial charge in [-0.05, 0) is 42.3 Å². The number of hydrogen-bond acceptors (Lipinski definition) is 5. The minimum Gasteiger partial charge on any atom is -0.465 e. The molecule has 0 aliphatic carbocycles. The van der Waals surface area contributed by atoms with E-state index in [-0.39, 0.29) is 17.9 Å². The van der Waals surface area contributed by atoms with Crippen molar-refractivity contribution in [3.05, 3.63) is 75.6 Å². The number of esters is 1. The van der Waals surface area contributed by atoms with Gasteiger partial charge in [-0.3, -0.25) is 4.79 Å². The number of carbonyl (C=O) groups is 2. The second kappa shape index (κ2) is 8.91. The number of anilines is 1. The van der Waals surface area contributed by atoms with Gasteiger partial charge in [0.2, 0.25) is 5.91 Å². The number of hydrogen-bond donors (Lipinski definition) is 1. The van der Waals surface area contributed by atoms with Crippen molar-refractivity contribution >= 4 is 39.8 Å². The van der Waals surface area contributed by atoms with Gasteiger partial charge in [0.15, 0.2) is 0 Å². The second-order valence-corrected chi connectivity index (χ2v) is 7.61. The maximum Gasteiger partial charge on any atom is 0.341 e. The van der Waals surface area contributed by atoms with E-state index in [1.807, 2.05) is 48.5 Å². The van der Waals surface area contributed by atoms with E-state index in [1.165, 1.54) is 7.11 Å². The van der Waals surface area contributed by atoms with Crippen LogP contribution in [0.15, 0.2) is 54.6 Å². The average molecular weight is 416 g/mol. The van der Waals surface area contributed by atoms with Crippen molar-refractivity contribution in [3.63, 3.8) is 0 Å². The Morgan fingerprint density at radius 1 is 1.07 bits per heavy atom. The van der Waals surface area contributed by atoms with Gasteiger partial charge in [-0.25, -0.2) is 4.79 Å². The topological polar surface area (TPSA) is 64.6 Å². The molecule has 1 N–H and O–H groups in total. The number of ether oxygens (including phenoxy) is 2. The molecule has 0 aliphatic heterocycles. The lowest BCUT2D eigenvalue weighted by Crippen LogP contribution is -2.16. The van der Waals surface area contributed by atoms with Gasteiger partial charge in [-0.15, -0.1) is 11.3 Å². The maximum absolute atomic E-state index is 12.5. The van der Waals surface area contributed by atoms with Crippen molar-refractivity contribution in [1.29, 1.82) is 0 Å². The summed E-state index contributed by atoms with van der Waals surface area (Å²) in [6.07, 6.45) is 0.126. The van der Waals surface area contributed by atoms with Crippen molar-refractivity contribution in [2.24, 2.45) is 0 Å². The van der Waals surface area contributed by atoms with Crippen LogP contribution in [0.4, 0.5) is 5.00 Å². The highest BCUT2D eigenvalue weighted by Gasteiger charge is 2.22. The number of halogens is 1. The Hall–Kier alpha value is -2.83. The van der Waals surface area contributed by atoms with Gasteiger partial charge >= 0.3 is 5.97 Å². The number of rotatable bonds is 6. The zero-order valence-corrected chi connectivity index (χ0v) is 16.9. The van der Waals surface area contributed by atoms with E-state index in [1.54, 1.807) is 13.0 Å². The average Bonchev–Trinajstić information content (AvgIpc) is 2.95. The highest BCUT2D eigenvalue weighted by atomic mass is 35.5. The standard InChI is InChI=1S/C21H18ClNO4S/c1-13-18(21(25)26-2)20(28-19(13)22)23-17(24)12-14-7-6-10-16(11-14)27-15-8-4-3-5-9-15/h3-11H,12H2,1-2H3,(H,23,24). The van der Waals surface area contributed by atoms with Crippen LogP contribution in [0.25, 0.3) is 0 Å². The third-order valence-electron chi connectivity index (χ3n) is 3.97. The Kier molecular flexibility index (Phi) is 6.34. The molecule has 0 spiro atoms. The summed E-state index contributed by atoms with van der Waals surface area (Å²) >= 11 is 7.26. The molecule has 0 unspecified atom stereocenters. The van der Waals surface area contributed by atoms with Crippen LogP contribution >= 0.6 is 22.9 Å².